The quantitative estimate of drug-likeness (QED) is 0.698. The average Bonchev–Trinajstić information content (AvgIpc) is 2.87. The molecule has 0 saturated heterocycles. The van der Waals surface area contributed by atoms with Crippen molar-refractivity contribution in [1.29, 1.82) is 0 Å². The summed E-state index contributed by atoms with van der Waals surface area (Å²) in [6, 6.07) is 12.7. The number of fused-ring (bicyclic) bond motifs is 1. The van der Waals surface area contributed by atoms with E-state index in [-0.39, 0.29) is 0 Å². The predicted molar refractivity (Wildman–Crippen MR) is 84.8 cm³/mol. The Balaban J connectivity index is 1.99. The van der Waals surface area contributed by atoms with E-state index in [9.17, 15) is 0 Å². The average molecular weight is 330 g/mol. The number of hydrogen-bond acceptors (Lipinski definition) is 2. The third-order valence-corrected chi connectivity index (χ3v) is 4.25. The minimum atomic E-state index is 0.599. The maximum atomic E-state index is 4.61. The van der Waals surface area contributed by atoms with Gasteiger partial charge in [-0.1, -0.05) is 38.1 Å². The fraction of sp³-hybridized carbons (Fsp3) is 0.250. The van der Waals surface area contributed by atoms with Crippen LogP contribution >= 0.6 is 15.9 Å². The first-order valence-corrected chi connectivity index (χ1v) is 7.59. The Hall–Kier alpha value is -1.68. The van der Waals surface area contributed by atoms with Gasteiger partial charge in [0.05, 0.1) is 11.9 Å². The monoisotopic (exact) mass is 329 g/mol. The minimum Gasteiger partial charge on any atom is -0.234 e. The van der Waals surface area contributed by atoms with Gasteiger partial charge in [-0.2, -0.15) is 5.10 Å². The van der Waals surface area contributed by atoms with Gasteiger partial charge in [0.15, 0.2) is 5.65 Å². The molecule has 20 heavy (non-hydrogen) atoms. The highest BCUT2D eigenvalue weighted by Gasteiger charge is 2.07. The molecule has 0 aliphatic carbocycles. The van der Waals surface area contributed by atoms with E-state index in [0.29, 0.717) is 5.92 Å². The van der Waals surface area contributed by atoms with Gasteiger partial charge in [-0.25, -0.2) is 9.50 Å². The van der Waals surface area contributed by atoms with Crippen LogP contribution in [0.2, 0.25) is 0 Å². The van der Waals surface area contributed by atoms with Gasteiger partial charge in [0.1, 0.15) is 4.60 Å². The SMILES string of the molecule is CCC(C)c1ccc(-c2ccc3ncc(Br)n3n2)cc1. The number of nitrogens with zero attached hydrogens (tertiary/aromatic N) is 3. The molecule has 0 spiro atoms. The van der Waals surface area contributed by atoms with Crippen LogP contribution in [0.1, 0.15) is 31.7 Å². The molecule has 0 saturated carbocycles. The summed E-state index contributed by atoms with van der Waals surface area (Å²) < 4.78 is 2.67. The molecule has 0 aliphatic heterocycles. The lowest BCUT2D eigenvalue weighted by Gasteiger charge is -2.09. The molecule has 2 aromatic heterocycles. The first-order chi connectivity index (χ1) is 9.69. The molecule has 1 unspecified atom stereocenters. The first-order valence-electron chi connectivity index (χ1n) is 6.79. The third kappa shape index (κ3) is 2.36. The van der Waals surface area contributed by atoms with Crippen molar-refractivity contribution in [3.05, 3.63) is 52.8 Å². The highest BCUT2D eigenvalue weighted by molar-refractivity contribution is 9.10. The van der Waals surface area contributed by atoms with Gasteiger partial charge in [0, 0.05) is 5.56 Å². The van der Waals surface area contributed by atoms with Crippen molar-refractivity contribution < 1.29 is 0 Å². The third-order valence-electron chi connectivity index (χ3n) is 3.71. The maximum absolute atomic E-state index is 4.61. The summed E-state index contributed by atoms with van der Waals surface area (Å²) in [4.78, 5) is 4.25. The molecule has 0 amide bonds. The predicted octanol–water partition coefficient (Wildman–Crippen LogP) is 4.67. The highest BCUT2D eigenvalue weighted by Crippen LogP contribution is 2.23. The van der Waals surface area contributed by atoms with Crippen LogP contribution in [0, 0.1) is 0 Å². The van der Waals surface area contributed by atoms with Gasteiger partial charge >= 0.3 is 0 Å². The van der Waals surface area contributed by atoms with E-state index >= 15 is 0 Å². The van der Waals surface area contributed by atoms with E-state index in [1.807, 2.05) is 12.1 Å². The zero-order chi connectivity index (χ0) is 14.1. The molecular formula is C16H16BrN3. The van der Waals surface area contributed by atoms with Crippen molar-refractivity contribution in [2.75, 3.05) is 0 Å². The van der Waals surface area contributed by atoms with Crippen LogP contribution in [-0.2, 0) is 0 Å². The van der Waals surface area contributed by atoms with Crippen molar-refractivity contribution in [3.63, 3.8) is 0 Å². The van der Waals surface area contributed by atoms with Crippen LogP contribution in [0.25, 0.3) is 16.9 Å². The Bertz CT molecular complexity index is 731. The normalized spacial score (nSPS) is 12.8. The number of halogens is 1. The topological polar surface area (TPSA) is 30.2 Å². The number of imidazole rings is 1. The smallest absolute Gasteiger partial charge is 0.154 e. The lowest BCUT2D eigenvalue weighted by Crippen LogP contribution is -1.95. The van der Waals surface area contributed by atoms with Gasteiger partial charge in [-0.05, 0) is 46.0 Å². The fourth-order valence-electron chi connectivity index (χ4n) is 2.22. The molecular weight excluding hydrogens is 314 g/mol. The minimum absolute atomic E-state index is 0.599. The molecule has 0 aliphatic rings. The van der Waals surface area contributed by atoms with Crippen molar-refractivity contribution in [3.8, 4) is 11.3 Å². The molecule has 0 N–H and O–H groups in total. The second-order valence-corrected chi connectivity index (χ2v) is 5.81. The molecule has 0 bridgehead atoms. The van der Waals surface area contributed by atoms with Crippen molar-refractivity contribution in [1.82, 2.24) is 14.6 Å². The lowest BCUT2D eigenvalue weighted by atomic mass is 9.97. The molecule has 1 atom stereocenters. The Labute approximate surface area is 126 Å². The number of benzene rings is 1. The Morgan fingerprint density at radius 3 is 2.60 bits per heavy atom. The summed E-state index contributed by atoms with van der Waals surface area (Å²) in [5.74, 6) is 0.599. The summed E-state index contributed by atoms with van der Waals surface area (Å²) in [6.45, 7) is 4.46. The largest absolute Gasteiger partial charge is 0.234 e. The second kappa shape index (κ2) is 5.37. The van der Waals surface area contributed by atoms with Crippen LogP contribution in [0.15, 0.2) is 47.2 Å². The molecule has 102 valence electrons. The fourth-order valence-corrected chi connectivity index (χ4v) is 2.58. The molecule has 0 fully saturated rings. The van der Waals surface area contributed by atoms with Crippen LogP contribution < -0.4 is 0 Å². The van der Waals surface area contributed by atoms with E-state index in [4.69, 9.17) is 0 Å². The van der Waals surface area contributed by atoms with Crippen LogP contribution in [0.3, 0.4) is 0 Å². The zero-order valence-electron chi connectivity index (χ0n) is 11.5. The van der Waals surface area contributed by atoms with E-state index in [1.165, 1.54) is 5.56 Å². The van der Waals surface area contributed by atoms with Crippen molar-refractivity contribution in [2.24, 2.45) is 0 Å². The molecule has 3 aromatic rings. The first kappa shape index (κ1) is 13.3. The summed E-state index contributed by atoms with van der Waals surface area (Å²) in [6.07, 6.45) is 2.92. The van der Waals surface area contributed by atoms with Gasteiger partial charge in [-0.15, -0.1) is 0 Å². The van der Waals surface area contributed by atoms with E-state index < -0.39 is 0 Å². The van der Waals surface area contributed by atoms with Gasteiger partial charge in [-0.3, -0.25) is 0 Å². The summed E-state index contributed by atoms with van der Waals surface area (Å²) in [5, 5.41) is 4.61. The van der Waals surface area contributed by atoms with Gasteiger partial charge in [0.2, 0.25) is 0 Å². The molecule has 3 rings (SSSR count). The number of rotatable bonds is 3. The van der Waals surface area contributed by atoms with Crippen LogP contribution in [0.5, 0.6) is 0 Å². The molecule has 0 radical (unpaired) electrons. The van der Waals surface area contributed by atoms with Gasteiger partial charge in [0.25, 0.3) is 0 Å². The lowest BCUT2D eigenvalue weighted by molar-refractivity contribution is 0.734. The van der Waals surface area contributed by atoms with Crippen LogP contribution in [0.4, 0.5) is 0 Å². The molecule has 1 aromatic carbocycles. The molecule has 3 nitrogen and oxygen atoms in total. The Morgan fingerprint density at radius 1 is 1.15 bits per heavy atom. The highest BCUT2D eigenvalue weighted by atomic mass is 79.9. The zero-order valence-corrected chi connectivity index (χ0v) is 13.1. The maximum Gasteiger partial charge on any atom is 0.154 e. The molecule has 2 heterocycles. The van der Waals surface area contributed by atoms with Crippen molar-refractivity contribution in [2.45, 2.75) is 26.2 Å². The van der Waals surface area contributed by atoms with Crippen molar-refractivity contribution >= 4 is 21.6 Å². The Morgan fingerprint density at radius 2 is 1.90 bits per heavy atom. The summed E-state index contributed by atoms with van der Waals surface area (Å²) >= 11 is 3.45. The van der Waals surface area contributed by atoms with E-state index in [1.54, 1.807) is 10.7 Å². The van der Waals surface area contributed by atoms with E-state index in [2.05, 4.69) is 64.1 Å². The molecule has 4 heteroatoms. The number of aromatic nitrogens is 3. The van der Waals surface area contributed by atoms with Gasteiger partial charge < -0.3 is 0 Å². The second-order valence-electron chi connectivity index (χ2n) is 5.00. The van der Waals surface area contributed by atoms with E-state index in [0.717, 1.165) is 27.9 Å². The summed E-state index contributed by atoms with van der Waals surface area (Å²) in [5.41, 5.74) is 4.30. The Kier molecular flexibility index (Phi) is 3.57. The summed E-state index contributed by atoms with van der Waals surface area (Å²) in [7, 11) is 0. The van der Waals surface area contributed by atoms with Crippen LogP contribution in [-0.4, -0.2) is 14.6 Å². The standard InChI is InChI=1S/C16H16BrN3/c1-3-11(2)12-4-6-13(7-5-12)14-8-9-16-18-10-15(17)20(16)19-14/h4-11H,3H2,1-2H3. The number of hydrogen-bond donors (Lipinski definition) is 0.